The molecule has 126 valence electrons. The van der Waals surface area contributed by atoms with Gasteiger partial charge in [0.05, 0.1) is 12.0 Å². The normalized spacial score (nSPS) is 12.5. The molecule has 0 aliphatic carbocycles. The van der Waals surface area contributed by atoms with E-state index in [0.29, 0.717) is 16.9 Å². The van der Waals surface area contributed by atoms with E-state index in [-0.39, 0.29) is 11.9 Å². The molecule has 2 nitrogen and oxygen atoms in total. The van der Waals surface area contributed by atoms with Gasteiger partial charge < -0.3 is 4.74 Å². The lowest BCUT2D eigenvalue weighted by molar-refractivity contribution is -0.104. The maximum Gasteiger partial charge on any atom is 0.446 e. The van der Waals surface area contributed by atoms with Crippen LogP contribution < -0.4 is 4.74 Å². The standard InChI is InChI=1S/C17H12BrF3O2S/c1-23-14-8-4-12(5-9-14)16(11-2-6-13(18)7-3-11)15(10-22)24-17(19,20)21/h2-10H,1H3/b16-15-. The van der Waals surface area contributed by atoms with Crippen LogP contribution in [-0.4, -0.2) is 18.9 Å². The van der Waals surface area contributed by atoms with E-state index in [2.05, 4.69) is 15.9 Å². The number of hydrogen-bond acceptors (Lipinski definition) is 3. The van der Waals surface area contributed by atoms with Crippen LogP contribution in [0.25, 0.3) is 5.57 Å². The highest BCUT2D eigenvalue weighted by Gasteiger charge is 2.32. The quantitative estimate of drug-likeness (QED) is 0.463. The summed E-state index contributed by atoms with van der Waals surface area (Å²) in [5.74, 6) is 0.574. The van der Waals surface area contributed by atoms with Crippen LogP contribution in [0.15, 0.2) is 57.9 Å². The maximum absolute atomic E-state index is 12.8. The summed E-state index contributed by atoms with van der Waals surface area (Å²) < 4.78 is 44.3. The van der Waals surface area contributed by atoms with E-state index in [0.717, 1.165) is 4.47 Å². The van der Waals surface area contributed by atoms with Crippen LogP contribution in [0.1, 0.15) is 11.1 Å². The molecule has 0 N–H and O–H groups in total. The van der Waals surface area contributed by atoms with Crippen molar-refractivity contribution >= 4 is 39.6 Å². The molecule has 0 atom stereocenters. The Kier molecular flexibility index (Phi) is 6.12. The Morgan fingerprint density at radius 2 is 1.54 bits per heavy atom. The summed E-state index contributed by atoms with van der Waals surface area (Å²) in [6.07, 6.45) is 0.236. The summed E-state index contributed by atoms with van der Waals surface area (Å²) in [4.78, 5) is 11.0. The van der Waals surface area contributed by atoms with Gasteiger partial charge in [-0.1, -0.05) is 40.2 Å². The number of allylic oxidation sites excluding steroid dienone is 1. The van der Waals surface area contributed by atoms with Crippen LogP contribution in [0, 0.1) is 0 Å². The highest BCUT2D eigenvalue weighted by Crippen LogP contribution is 2.41. The van der Waals surface area contributed by atoms with Crippen molar-refractivity contribution in [3.05, 3.63) is 69.0 Å². The molecule has 0 radical (unpaired) electrons. The lowest BCUT2D eigenvalue weighted by atomic mass is 9.97. The Hall–Kier alpha value is -1.73. The average Bonchev–Trinajstić information content (AvgIpc) is 2.55. The molecule has 0 aliphatic rings. The summed E-state index contributed by atoms with van der Waals surface area (Å²) in [6.45, 7) is 0. The van der Waals surface area contributed by atoms with Crippen molar-refractivity contribution in [1.29, 1.82) is 0 Å². The fraction of sp³-hybridized carbons (Fsp3) is 0.118. The molecule has 0 aromatic heterocycles. The SMILES string of the molecule is COc1ccc(/C(=C(/C=O)SC(F)(F)F)c2ccc(Br)cc2)cc1. The first-order valence-corrected chi connectivity index (χ1v) is 8.30. The third-order valence-corrected chi connectivity index (χ3v) is 4.37. The number of methoxy groups -OCH3 is 1. The van der Waals surface area contributed by atoms with E-state index < -0.39 is 22.2 Å². The Bertz CT molecular complexity index is 738. The predicted molar refractivity (Wildman–Crippen MR) is 92.9 cm³/mol. The Morgan fingerprint density at radius 1 is 1.04 bits per heavy atom. The smallest absolute Gasteiger partial charge is 0.446 e. The van der Waals surface area contributed by atoms with E-state index >= 15 is 0 Å². The van der Waals surface area contributed by atoms with Gasteiger partial charge in [0.1, 0.15) is 5.75 Å². The number of aldehydes is 1. The number of benzene rings is 2. The van der Waals surface area contributed by atoms with Gasteiger partial charge in [0.2, 0.25) is 0 Å². The van der Waals surface area contributed by atoms with Gasteiger partial charge in [0.25, 0.3) is 0 Å². The molecule has 0 spiro atoms. The highest BCUT2D eigenvalue weighted by molar-refractivity contribution is 9.10. The number of halogens is 4. The second-order valence-electron chi connectivity index (χ2n) is 4.64. The summed E-state index contributed by atoms with van der Waals surface area (Å²) in [5.41, 5.74) is -3.31. The number of hydrogen-bond donors (Lipinski definition) is 0. The summed E-state index contributed by atoms with van der Waals surface area (Å²) in [6, 6.07) is 13.2. The first kappa shape index (κ1) is 18.6. The topological polar surface area (TPSA) is 26.3 Å². The minimum Gasteiger partial charge on any atom is -0.497 e. The monoisotopic (exact) mass is 416 g/mol. The number of carbonyl (C=O) groups excluding carboxylic acids is 1. The minimum absolute atomic E-state index is 0.225. The molecule has 0 aliphatic heterocycles. The highest BCUT2D eigenvalue weighted by atomic mass is 79.9. The summed E-state index contributed by atoms with van der Waals surface area (Å²) in [7, 11) is 1.50. The van der Waals surface area contributed by atoms with E-state index in [4.69, 9.17) is 4.74 Å². The molecule has 2 aromatic rings. The Morgan fingerprint density at radius 3 is 1.96 bits per heavy atom. The van der Waals surface area contributed by atoms with Gasteiger partial charge in [-0.05, 0) is 47.2 Å². The molecule has 0 bridgehead atoms. The van der Waals surface area contributed by atoms with Crippen LogP contribution in [0.3, 0.4) is 0 Å². The Labute approximate surface area is 149 Å². The first-order valence-electron chi connectivity index (χ1n) is 6.69. The summed E-state index contributed by atoms with van der Waals surface area (Å²) in [5, 5.41) is 0. The van der Waals surface area contributed by atoms with E-state index in [9.17, 15) is 18.0 Å². The molecule has 0 unspecified atom stereocenters. The molecular formula is C17H12BrF3O2S. The fourth-order valence-electron chi connectivity index (χ4n) is 2.08. The summed E-state index contributed by atoms with van der Waals surface area (Å²) >= 11 is 2.87. The number of thioether (sulfide) groups is 1. The predicted octanol–water partition coefficient (Wildman–Crippen LogP) is 5.67. The lowest BCUT2D eigenvalue weighted by Crippen LogP contribution is -2.04. The molecule has 24 heavy (non-hydrogen) atoms. The third-order valence-electron chi connectivity index (χ3n) is 3.09. The maximum atomic E-state index is 12.8. The van der Waals surface area contributed by atoms with E-state index in [1.165, 1.54) is 7.11 Å². The molecule has 2 aromatic carbocycles. The largest absolute Gasteiger partial charge is 0.497 e. The van der Waals surface area contributed by atoms with Crippen molar-refractivity contribution in [3.8, 4) is 5.75 Å². The van der Waals surface area contributed by atoms with Crippen LogP contribution in [0.5, 0.6) is 5.75 Å². The number of ether oxygens (including phenoxy) is 1. The Balaban J connectivity index is 2.62. The van der Waals surface area contributed by atoms with Crippen molar-refractivity contribution in [2.24, 2.45) is 0 Å². The molecule has 0 saturated heterocycles. The zero-order chi connectivity index (χ0) is 17.7. The number of rotatable bonds is 5. The third kappa shape index (κ3) is 4.88. The van der Waals surface area contributed by atoms with E-state index in [1.54, 1.807) is 48.5 Å². The van der Waals surface area contributed by atoms with Crippen molar-refractivity contribution in [3.63, 3.8) is 0 Å². The zero-order valence-electron chi connectivity index (χ0n) is 12.4. The van der Waals surface area contributed by atoms with Gasteiger partial charge in [-0.3, -0.25) is 4.79 Å². The van der Waals surface area contributed by atoms with Crippen LogP contribution in [0.4, 0.5) is 13.2 Å². The second-order valence-corrected chi connectivity index (χ2v) is 6.66. The first-order chi connectivity index (χ1) is 11.3. The van der Waals surface area contributed by atoms with Gasteiger partial charge in [-0.25, -0.2) is 0 Å². The minimum atomic E-state index is -4.55. The second kappa shape index (κ2) is 7.90. The number of carbonyl (C=O) groups is 1. The van der Waals surface area contributed by atoms with Gasteiger partial charge >= 0.3 is 5.51 Å². The molecule has 0 heterocycles. The van der Waals surface area contributed by atoms with Crippen LogP contribution >= 0.6 is 27.7 Å². The number of alkyl halides is 3. The lowest BCUT2D eigenvalue weighted by Gasteiger charge is -2.14. The molecule has 2 rings (SSSR count). The van der Waals surface area contributed by atoms with Gasteiger partial charge in [-0.15, -0.1) is 0 Å². The molecule has 0 fully saturated rings. The van der Waals surface area contributed by atoms with Gasteiger partial charge in [-0.2, -0.15) is 13.2 Å². The van der Waals surface area contributed by atoms with E-state index in [1.807, 2.05) is 0 Å². The average molecular weight is 417 g/mol. The molecule has 0 saturated carbocycles. The molecular weight excluding hydrogens is 405 g/mol. The van der Waals surface area contributed by atoms with Crippen LogP contribution in [0.2, 0.25) is 0 Å². The molecule has 7 heteroatoms. The van der Waals surface area contributed by atoms with Crippen molar-refractivity contribution in [1.82, 2.24) is 0 Å². The van der Waals surface area contributed by atoms with Crippen molar-refractivity contribution in [2.75, 3.05) is 7.11 Å². The van der Waals surface area contributed by atoms with Crippen molar-refractivity contribution < 1.29 is 22.7 Å². The van der Waals surface area contributed by atoms with Crippen LogP contribution in [-0.2, 0) is 4.79 Å². The fourth-order valence-corrected chi connectivity index (χ4v) is 2.98. The molecule has 0 amide bonds. The van der Waals surface area contributed by atoms with Gasteiger partial charge in [0.15, 0.2) is 6.29 Å². The van der Waals surface area contributed by atoms with Crippen molar-refractivity contribution in [2.45, 2.75) is 5.51 Å². The zero-order valence-corrected chi connectivity index (χ0v) is 14.8. The van der Waals surface area contributed by atoms with Gasteiger partial charge in [0, 0.05) is 10.0 Å².